The number of nitrogens with zero attached hydrogens (tertiary/aromatic N) is 1. The Morgan fingerprint density at radius 2 is 1.12 bits per heavy atom. The van der Waals surface area contributed by atoms with E-state index in [1.54, 1.807) is 0 Å². The summed E-state index contributed by atoms with van der Waals surface area (Å²) in [4.78, 5) is 15.9. The summed E-state index contributed by atoms with van der Waals surface area (Å²) < 4.78 is 0. The van der Waals surface area contributed by atoms with Crippen molar-refractivity contribution in [2.75, 3.05) is 11.4 Å². The second-order valence-electron chi connectivity index (χ2n) is 8.09. The molecule has 1 aliphatic rings. The summed E-state index contributed by atoms with van der Waals surface area (Å²) in [6.07, 6.45) is 1.88. The zero-order valence-corrected chi connectivity index (χ0v) is 17.9. The molecule has 1 aliphatic heterocycles. The smallest absolute Gasteiger partial charge is 0.248 e. The van der Waals surface area contributed by atoms with Crippen molar-refractivity contribution in [1.29, 1.82) is 0 Å². The highest BCUT2D eigenvalue weighted by Gasteiger charge is 2.31. The first-order chi connectivity index (χ1) is 15.8. The first kappa shape index (κ1) is 20.2. The van der Waals surface area contributed by atoms with Gasteiger partial charge < -0.3 is 5.32 Å². The molecule has 0 saturated carbocycles. The van der Waals surface area contributed by atoms with Crippen LogP contribution < -0.4 is 10.2 Å². The summed E-state index contributed by atoms with van der Waals surface area (Å²) in [6, 6.07) is 36.8. The predicted molar refractivity (Wildman–Crippen MR) is 132 cm³/mol. The molecular formula is C29H26N2O. The summed E-state index contributed by atoms with van der Waals surface area (Å²) in [7, 11) is 0. The second kappa shape index (κ2) is 9.21. The second-order valence-corrected chi connectivity index (χ2v) is 8.09. The standard InChI is InChI=1S/C29H26N2O/c32-29(26-18-11-21-30-26)31(27-19-9-7-16-24(27)22-12-3-1-4-13-22)28-20-10-8-17-25(28)23-14-5-2-6-15-23/h1-10,12-17,19-20,26,30H,11,18,21H2. The third-order valence-electron chi connectivity index (χ3n) is 6.04. The Kier molecular flexibility index (Phi) is 5.82. The molecule has 1 amide bonds. The third-order valence-corrected chi connectivity index (χ3v) is 6.04. The molecule has 3 heteroatoms. The minimum Gasteiger partial charge on any atom is -0.306 e. The molecule has 0 spiro atoms. The molecule has 3 nitrogen and oxygen atoms in total. The van der Waals surface area contributed by atoms with Crippen LogP contribution in [0.3, 0.4) is 0 Å². The average Bonchev–Trinajstić information content (AvgIpc) is 3.41. The van der Waals surface area contributed by atoms with Crippen molar-refractivity contribution in [2.24, 2.45) is 0 Å². The number of rotatable bonds is 5. The van der Waals surface area contributed by atoms with Gasteiger partial charge in [0.05, 0.1) is 17.4 Å². The van der Waals surface area contributed by atoms with Crippen LogP contribution in [-0.2, 0) is 4.79 Å². The predicted octanol–water partition coefficient (Wildman–Crippen LogP) is 6.44. The maximum Gasteiger partial charge on any atom is 0.248 e. The molecule has 158 valence electrons. The topological polar surface area (TPSA) is 32.3 Å². The Bertz CT molecular complexity index is 1120. The summed E-state index contributed by atoms with van der Waals surface area (Å²) in [5.74, 6) is 0.0919. The van der Waals surface area contributed by atoms with E-state index in [1.807, 2.05) is 65.6 Å². The van der Waals surface area contributed by atoms with Crippen LogP contribution >= 0.6 is 0 Å². The maximum atomic E-state index is 14.0. The average molecular weight is 419 g/mol. The van der Waals surface area contributed by atoms with E-state index in [2.05, 4.69) is 53.8 Å². The van der Waals surface area contributed by atoms with E-state index in [-0.39, 0.29) is 11.9 Å². The molecule has 1 fully saturated rings. The number of carbonyl (C=O) groups is 1. The highest BCUT2D eigenvalue weighted by atomic mass is 16.2. The molecular weight excluding hydrogens is 392 g/mol. The van der Waals surface area contributed by atoms with Gasteiger partial charge in [-0.1, -0.05) is 97.1 Å². The number of hydrogen-bond acceptors (Lipinski definition) is 2. The molecule has 4 aromatic rings. The van der Waals surface area contributed by atoms with E-state index in [0.717, 1.165) is 53.0 Å². The molecule has 1 saturated heterocycles. The van der Waals surface area contributed by atoms with Gasteiger partial charge in [0, 0.05) is 11.1 Å². The number of nitrogens with one attached hydrogen (secondary N) is 1. The van der Waals surface area contributed by atoms with Crippen LogP contribution in [0.15, 0.2) is 109 Å². The van der Waals surface area contributed by atoms with Crippen LogP contribution in [0.1, 0.15) is 12.8 Å². The fraction of sp³-hybridized carbons (Fsp3) is 0.138. The van der Waals surface area contributed by atoms with Crippen molar-refractivity contribution in [2.45, 2.75) is 18.9 Å². The van der Waals surface area contributed by atoms with Gasteiger partial charge in [-0.3, -0.25) is 9.69 Å². The summed E-state index contributed by atoms with van der Waals surface area (Å²) >= 11 is 0. The lowest BCUT2D eigenvalue weighted by Gasteiger charge is -2.30. The minimum atomic E-state index is -0.178. The summed E-state index contributed by atoms with van der Waals surface area (Å²) in [5.41, 5.74) is 6.08. The van der Waals surface area contributed by atoms with Gasteiger partial charge in [-0.15, -0.1) is 0 Å². The molecule has 1 N–H and O–H groups in total. The molecule has 1 unspecified atom stereocenters. The quantitative estimate of drug-likeness (QED) is 0.405. The van der Waals surface area contributed by atoms with E-state index in [0.29, 0.717) is 0 Å². The van der Waals surface area contributed by atoms with Crippen LogP contribution in [0.5, 0.6) is 0 Å². The van der Waals surface area contributed by atoms with Crippen molar-refractivity contribution in [1.82, 2.24) is 5.32 Å². The van der Waals surface area contributed by atoms with E-state index in [1.165, 1.54) is 0 Å². The van der Waals surface area contributed by atoms with E-state index < -0.39 is 0 Å². The van der Waals surface area contributed by atoms with Gasteiger partial charge in [-0.25, -0.2) is 0 Å². The van der Waals surface area contributed by atoms with Gasteiger partial charge in [0.25, 0.3) is 0 Å². The Hall–Kier alpha value is -3.69. The van der Waals surface area contributed by atoms with Gasteiger partial charge in [-0.05, 0) is 42.6 Å². The van der Waals surface area contributed by atoms with Gasteiger partial charge >= 0.3 is 0 Å². The van der Waals surface area contributed by atoms with Crippen LogP contribution in [0.4, 0.5) is 11.4 Å². The lowest BCUT2D eigenvalue weighted by Crippen LogP contribution is -2.41. The first-order valence-corrected chi connectivity index (χ1v) is 11.2. The van der Waals surface area contributed by atoms with Crippen molar-refractivity contribution in [3.8, 4) is 22.3 Å². The molecule has 1 atom stereocenters. The molecule has 1 heterocycles. The van der Waals surface area contributed by atoms with Crippen LogP contribution in [-0.4, -0.2) is 18.5 Å². The van der Waals surface area contributed by atoms with Crippen LogP contribution in [0.2, 0.25) is 0 Å². The number of carbonyl (C=O) groups excluding carboxylic acids is 1. The van der Waals surface area contributed by atoms with Gasteiger partial charge in [0.15, 0.2) is 0 Å². The molecule has 0 bridgehead atoms. The van der Waals surface area contributed by atoms with Crippen molar-refractivity contribution >= 4 is 17.3 Å². The summed E-state index contributed by atoms with van der Waals surface area (Å²) in [6.45, 7) is 0.880. The largest absolute Gasteiger partial charge is 0.306 e. The molecule has 0 aromatic heterocycles. The molecule has 0 radical (unpaired) electrons. The van der Waals surface area contributed by atoms with Crippen molar-refractivity contribution in [3.63, 3.8) is 0 Å². The number of para-hydroxylation sites is 2. The van der Waals surface area contributed by atoms with Crippen LogP contribution in [0, 0.1) is 0 Å². The SMILES string of the molecule is O=C(C1CCCN1)N(c1ccccc1-c1ccccc1)c1ccccc1-c1ccccc1. The van der Waals surface area contributed by atoms with Crippen molar-refractivity contribution < 1.29 is 4.79 Å². The fourth-order valence-electron chi connectivity index (χ4n) is 4.48. The van der Waals surface area contributed by atoms with E-state index in [4.69, 9.17) is 0 Å². The molecule has 0 aliphatic carbocycles. The molecule has 4 aromatic carbocycles. The fourth-order valence-corrected chi connectivity index (χ4v) is 4.48. The zero-order valence-electron chi connectivity index (χ0n) is 17.9. The lowest BCUT2D eigenvalue weighted by atomic mass is 9.98. The number of hydrogen-bond donors (Lipinski definition) is 1. The lowest BCUT2D eigenvalue weighted by molar-refractivity contribution is -0.119. The molecule has 5 rings (SSSR count). The van der Waals surface area contributed by atoms with Gasteiger partial charge in [0.2, 0.25) is 5.91 Å². The normalized spacial score (nSPS) is 15.4. The third kappa shape index (κ3) is 3.95. The molecule has 32 heavy (non-hydrogen) atoms. The van der Waals surface area contributed by atoms with Crippen LogP contribution in [0.25, 0.3) is 22.3 Å². The Morgan fingerprint density at radius 1 is 0.656 bits per heavy atom. The van der Waals surface area contributed by atoms with E-state index in [9.17, 15) is 4.79 Å². The van der Waals surface area contributed by atoms with Gasteiger partial charge in [0.1, 0.15) is 0 Å². The Morgan fingerprint density at radius 3 is 1.59 bits per heavy atom. The zero-order chi connectivity index (χ0) is 21.8. The number of amides is 1. The minimum absolute atomic E-state index is 0.0919. The Balaban J connectivity index is 1.71. The maximum absolute atomic E-state index is 14.0. The number of anilines is 2. The highest BCUT2D eigenvalue weighted by Crippen LogP contribution is 2.40. The Labute approximate surface area is 189 Å². The monoisotopic (exact) mass is 418 g/mol. The van der Waals surface area contributed by atoms with Gasteiger partial charge in [-0.2, -0.15) is 0 Å². The number of benzene rings is 4. The highest BCUT2D eigenvalue weighted by molar-refractivity contribution is 6.09. The summed E-state index contributed by atoms with van der Waals surface area (Å²) in [5, 5.41) is 3.40. The van der Waals surface area contributed by atoms with E-state index >= 15 is 0 Å². The first-order valence-electron chi connectivity index (χ1n) is 11.2. The van der Waals surface area contributed by atoms with Crippen molar-refractivity contribution in [3.05, 3.63) is 109 Å².